The lowest BCUT2D eigenvalue weighted by Crippen LogP contribution is -2.18. The third-order valence-corrected chi connectivity index (χ3v) is 2.67. The Hall–Kier alpha value is -1.55. The smallest absolute Gasteiger partial charge is 0.252 e. The summed E-state index contributed by atoms with van der Waals surface area (Å²) in [4.78, 5) is 11.4. The number of aliphatic hydroxyl groups is 1. The number of nitrogens with two attached hydrogens (primary N) is 1. The third-order valence-electron chi connectivity index (χ3n) is 2.67. The lowest BCUT2D eigenvalue weighted by Gasteiger charge is -2.22. The predicted octanol–water partition coefficient (Wildman–Crippen LogP) is 1.58. The van der Waals surface area contributed by atoms with Gasteiger partial charge in [0.15, 0.2) is 0 Å². The van der Waals surface area contributed by atoms with Crippen molar-refractivity contribution in [3.05, 3.63) is 28.8 Å². The van der Waals surface area contributed by atoms with Crippen molar-refractivity contribution >= 4 is 5.91 Å². The zero-order chi connectivity index (χ0) is 13.2. The summed E-state index contributed by atoms with van der Waals surface area (Å²) in [5, 5.41) is 9.31. The first-order valence-corrected chi connectivity index (χ1v) is 5.43. The summed E-state index contributed by atoms with van der Waals surface area (Å²) >= 11 is 0. The topological polar surface area (TPSA) is 72.6 Å². The van der Waals surface area contributed by atoms with Crippen LogP contribution in [-0.2, 0) is 12.0 Å². The van der Waals surface area contributed by atoms with Gasteiger partial charge in [0, 0.05) is 5.56 Å². The number of benzene rings is 1. The van der Waals surface area contributed by atoms with Gasteiger partial charge in [-0.15, -0.1) is 0 Å². The van der Waals surface area contributed by atoms with E-state index in [1.165, 1.54) is 7.11 Å². The minimum absolute atomic E-state index is 0.125. The van der Waals surface area contributed by atoms with E-state index < -0.39 is 5.91 Å². The van der Waals surface area contributed by atoms with Crippen molar-refractivity contribution in [1.82, 2.24) is 0 Å². The van der Waals surface area contributed by atoms with E-state index in [1.807, 2.05) is 26.8 Å². The van der Waals surface area contributed by atoms with Crippen molar-refractivity contribution in [3.63, 3.8) is 0 Å². The normalized spacial score (nSPS) is 11.4. The quantitative estimate of drug-likeness (QED) is 0.838. The minimum Gasteiger partial charge on any atom is -0.496 e. The highest BCUT2D eigenvalue weighted by molar-refractivity contribution is 5.96. The van der Waals surface area contributed by atoms with Crippen molar-refractivity contribution < 1.29 is 14.6 Å². The van der Waals surface area contributed by atoms with Crippen LogP contribution >= 0.6 is 0 Å². The van der Waals surface area contributed by atoms with Gasteiger partial charge in [-0.1, -0.05) is 20.8 Å². The van der Waals surface area contributed by atoms with Gasteiger partial charge in [-0.3, -0.25) is 4.79 Å². The highest BCUT2D eigenvalue weighted by atomic mass is 16.5. The number of amides is 1. The van der Waals surface area contributed by atoms with Crippen LogP contribution in [0.3, 0.4) is 0 Å². The summed E-state index contributed by atoms with van der Waals surface area (Å²) in [5.74, 6) is -0.198. The number of ether oxygens (including phenoxy) is 1. The molecule has 1 amide bonds. The SMILES string of the molecule is COc1c(CO)cc(C(C)(C)C)cc1C(N)=O. The molecule has 0 saturated heterocycles. The Morgan fingerprint density at radius 3 is 2.35 bits per heavy atom. The molecule has 0 saturated carbocycles. The summed E-state index contributed by atoms with van der Waals surface area (Å²) in [5.41, 5.74) is 7.03. The van der Waals surface area contributed by atoms with Crippen molar-refractivity contribution in [3.8, 4) is 5.75 Å². The fourth-order valence-electron chi connectivity index (χ4n) is 1.66. The monoisotopic (exact) mass is 237 g/mol. The fraction of sp³-hybridized carbons (Fsp3) is 0.462. The highest BCUT2D eigenvalue weighted by Gasteiger charge is 2.21. The van der Waals surface area contributed by atoms with Crippen molar-refractivity contribution in [2.24, 2.45) is 5.73 Å². The van der Waals surface area contributed by atoms with Gasteiger partial charge in [0.2, 0.25) is 0 Å². The summed E-state index contributed by atoms with van der Waals surface area (Å²) < 4.78 is 5.14. The molecule has 4 nitrogen and oxygen atoms in total. The van der Waals surface area contributed by atoms with E-state index in [-0.39, 0.29) is 12.0 Å². The minimum atomic E-state index is -0.553. The first-order chi connectivity index (χ1) is 7.81. The van der Waals surface area contributed by atoms with E-state index in [4.69, 9.17) is 10.5 Å². The molecule has 3 N–H and O–H groups in total. The first-order valence-electron chi connectivity index (χ1n) is 5.43. The van der Waals surface area contributed by atoms with Crippen LogP contribution in [0.25, 0.3) is 0 Å². The predicted molar refractivity (Wildman–Crippen MR) is 66.1 cm³/mol. The lowest BCUT2D eigenvalue weighted by atomic mass is 9.84. The van der Waals surface area contributed by atoms with Gasteiger partial charge in [0.1, 0.15) is 5.75 Å². The van der Waals surface area contributed by atoms with Gasteiger partial charge in [0.05, 0.1) is 19.3 Å². The second-order valence-corrected chi connectivity index (χ2v) is 4.99. The van der Waals surface area contributed by atoms with Gasteiger partial charge in [0.25, 0.3) is 5.91 Å². The molecular formula is C13H19NO3. The highest BCUT2D eigenvalue weighted by Crippen LogP contribution is 2.31. The molecule has 0 aliphatic heterocycles. The maximum atomic E-state index is 11.4. The molecular weight excluding hydrogens is 218 g/mol. The van der Waals surface area contributed by atoms with Crippen molar-refractivity contribution in [2.75, 3.05) is 7.11 Å². The molecule has 0 atom stereocenters. The lowest BCUT2D eigenvalue weighted by molar-refractivity contribution is 0.0997. The van der Waals surface area contributed by atoms with Crippen LogP contribution in [-0.4, -0.2) is 18.1 Å². The van der Waals surface area contributed by atoms with Crippen LogP contribution in [0.2, 0.25) is 0 Å². The van der Waals surface area contributed by atoms with Crippen molar-refractivity contribution in [2.45, 2.75) is 32.8 Å². The Morgan fingerprint density at radius 2 is 2.00 bits per heavy atom. The molecule has 94 valence electrons. The van der Waals surface area contributed by atoms with Gasteiger partial charge in [-0.2, -0.15) is 0 Å². The Bertz CT molecular complexity index is 433. The van der Waals surface area contributed by atoms with E-state index in [1.54, 1.807) is 6.07 Å². The molecule has 0 radical (unpaired) electrons. The van der Waals surface area contributed by atoms with Crippen LogP contribution < -0.4 is 10.5 Å². The summed E-state index contributed by atoms with van der Waals surface area (Å²) in [6, 6.07) is 3.56. The number of hydrogen-bond donors (Lipinski definition) is 2. The molecule has 0 aliphatic carbocycles. The number of carbonyl (C=O) groups is 1. The Morgan fingerprint density at radius 1 is 1.41 bits per heavy atom. The molecule has 0 aromatic heterocycles. The molecule has 0 bridgehead atoms. The van der Waals surface area contributed by atoms with E-state index in [0.717, 1.165) is 5.56 Å². The van der Waals surface area contributed by atoms with Gasteiger partial charge >= 0.3 is 0 Å². The largest absolute Gasteiger partial charge is 0.496 e. The maximum absolute atomic E-state index is 11.4. The summed E-state index contributed by atoms with van der Waals surface area (Å²) in [7, 11) is 1.46. The number of rotatable bonds is 3. The third kappa shape index (κ3) is 2.77. The molecule has 1 aromatic rings. The molecule has 4 heteroatoms. The maximum Gasteiger partial charge on any atom is 0.252 e. The molecule has 1 aromatic carbocycles. The van der Waals surface area contributed by atoms with Gasteiger partial charge in [-0.25, -0.2) is 0 Å². The number of hydrogen-bond acceptors (Lipinski definition) is 3. The van der Waals surface area contributed by atoms with E-state index in [2.05, 4.69) is 0 Å². The molecule has 0 unspecified atom stereocenters. The number of primary amides is 1. The fourth-order valence-corrected chi connectivity index (χ4v) is 1.66. The second-order valence-electron chi connectivity index (χ2n) is 4.99. The summed E-state index contributed by atoms with van der Waals surface area (Å²) in [6.45, 7) is 5.90. The second kappa shape index (κ2) is 4.75. The van der Waals surface area contributed by atoms with Crippen LogP contribution in [0, 0.1) is 0 Å². The average molecular weight is 237 g/mol. The van der Waals surface area contributed by atoms with Crippen LogP contribution in [0.4, 0.5) is 0 Å². The first kappa shape index (κ1) is 13.5. The van der Waals surface area contributed by atoms with Gasteiger partial charge < -0.3 is 15.6 Å². The Labute approximate surface area is 101 Å². The molecule has 0 heterocycles. The molecule has 0 spiro atoms. The zero-order valence-electron chi connectivity index (χ0n) is 10.7. The zero-order valence-corrected chi connectivity index (χ0v) is 10.7. The molecule has 1 rings (SSSR count). The number of methoxy groups -OCH3 is 1. The number of aliphatic hydroxyl groups excluding tert-OH is 1. The van der Waals surface area contributed by atoms with Crippen LogP contribution in [0.5, 0.6) is 5.75 Å². The van der Waals surface area contributed by atoms with E-state index in [9.17, 15) is 9.90 Å². The van der Waals surface area contributed by atoms with Crippen LogP contribution in [0.1, 0.15) is 42.3 Å². The Balaban J connectivity index is 3.51. The van der Waals surface area contributed by atoms with Crippen molar-refractivity contribution in [1.29, 1.82) is 0 Å². The summed E-state index contributed by atoms with van der Waals surface area (Å²) in [6.07, 6.45) is 0. The van der Waals surface area contributed by atoms with Gasteiger partial charge in [-0.05, 0) is 23.1 Å². The molecule has 0 aliphatic rings. The molecule has 17 heavy (non-hydrogen) atoms. The van der Waals surface area contributed by atoms with E-state index in [0.29, 0.717) is 16.9 Å². The van der Waals surface area contributed by atoms with Crippen LogP contribution in [0.15, 0.2) is 12.1 Å². The number of carbonyl (C=O) groups excluding carboxylic acids is 1. The van der Waals surface area contributed by atoms with E-state index >= 15 is 0 Å². The standard InChI is InChI=1S/C13H19NO3/c1-13(2,3)9-5-8(7-15)11(17-4)10(6-9)12(14)16/h5-6,15H,7H2,1-4H3,(H2,14,16). The molecule has 0 fully saturated rings. The average Bonchev–Trinajstić information content (AvgIpc) is 2.25. The Kier molecular flexibility index (Phi) is 3.78.